The van der Waals surface area contributed by atoms with Crippen LogP contribution in [0, 0.1) is 6.92 Å². The van der Waals surface area contributed by atoms with Crippen molar-refractivity contribution < 1.29 is 0 Å². The van der Waals surface area contributed by atoms with Crippen molar-refractivity contribution in [3.05, 3.63) is 59.7 Å². The Hall–Kier alpha value is -2.46. The molecule has 1 aliphatic heterocycles. The van der Waals surface area contributed by atoms with E-state index >= 15 is 0 Å². The van der Waals surface area contributed by atoms with Crippen LogP contribution < -0.4 is 11.1 Å². The summed E-state index contributed by atoms with van der Waals surface area (Å²) < 4.78 is 0. The van der Waals surface area contributed by atoms with E-state index in [1.807, 2.05) is 26.2 Å². The molecule has 0 radical (unpaired) electrons. The highest BCUT2D eigenvalue weighted by molar-refractivity contribution is 5.80. The van der Waals surface area contributed by atoms with Crippen LogP contribution in [0.15, 0.2) is 42.8 Å². The highest BCUT2D eigenvalue weighted by Gasteiger charge is 2.18. The zero-order valence-electron chi connectivity index (χ0n) is 12.9. The molecule has 1 aromatic heterocycles. The third-order valence-corrected chi connectivity index (χ3v) is 3.87. The number of benzene rings is 1. The van der Waals surface area contributed by atoms with E-state index < -0.39 is 0 Å². The van der Waals surface area contributed by atoms with Gasteiger partial charge in [0.1, 0.15) is 5.82 Å². The van der Waals surface area contributed by atoms with Gasteiger partial charge in [-0.1, -0.05) is 24.3 Å². The van der Waals surface area contributed by atoms with Gasteiger partial charge in [-0.05, 0) is 42.7 Å². The van der Waals surface area contributed by atoms with Crippen LogP contribution in [-0.4, -0.2) is 16.5 Å². The summed E-state index contributed by atoms with van der Waals surface area (Å²) in [6.07, 6.45) is 7.92. The highest BCUT2D eigenvalue weighted by atomic mass is 14.9. The summed E-state index contributed by atoms with van der Waals surface area (Å²) in [6.45, 7) is 8.65. The lowest BCUT2D eigenvalue weighted by Crippen LogP contribution is -2.16. The van der Waals surface area contributed by atoms with Gasteiger partial charge < -0.3 is 11.1 Å². The van der Waals surface area contributed by atoms with E-state index in [1.54, 1.807) is 0 Å². The molecule has 2 aromatic rings. The second-order valence-corrected chi connectivity index (χ2v) is 5.66. The van der Waals surface area contributed by atoms with Gasteiger partial charge in [-0.25, -0.2) is 9.97 Å². The number of nitrogens with one attached hydrogen (secondary N) is 1. The molecule has 22 heavy (non-hydrogen) atoms. The number of hydrogen-bond acceptors (Lipinski definition) is 4. The van der Waals surface area contributed by atoms with Crippen molar-refractivity contribution in [3.63, 3.8) is 0 Å². The number of anilines is 1. The van der Waals surface area contributed by atoms with Crippen LogP contribution in [0.1, 0.15) is 29.9 Å². The van der Waals surface area contributed by atoms with E-state index in [0.717, 1.165) is 45.9 Å². The quantitative estimate of drug-likeness (QED) is 0.850. The first kappa shape index (κ1) is 14.5. The molecular weight excluding hydrogens is 272 g/mol. The predicted molar refractivity (Wildman–Crippen MR) is 91.5 cm³/mol. The molecular formula is C18H20N4. The Labute approximate surface area is 130 Å². The van der Waals surface area contributed by atoms with Gasteiger partial charge in [0, 0.05) is 30.2 Å². The van der Waals surface area contributed by atoms with Gasteiger partial charge in [0.2, 0.25) is 0 Å². The molecule has 1 aliphatic rings. The molecule has 3 rings (SSSR count). The number of fused-ring (bicyclic) bond motifs is 1. The fourth-order valence-electron chi connectivity index (χ4n) is 2.59. The highest BCUT2D eigenvalue weighted by Crippen LogP contribution is 2.35. The van der Waals surface area contributed by atoms with Crippen LogP contribution in [0.5, 0.6) is 0 Å². The van der Waals surface area contributed by atoms with E-state index in [4.69, 9.17) is 5.73 Å². The van der Waals surface area contributed by atoms with Crippen LogP contribution >= 0.6 is 0 Å². The first-order valence-corrected chi connectivity index (χ1v) is 7.34. The van der Waals surface area contributed by atoms with Crippen molar-refractivity contribution in [1.29, 1.82) is 0 Å². The van der Waals surface area contributed by atoms with Crippen LogP contribution in [0.25, 0.3) is 17.2 Å². The van der Waals surface area contributed by atoms with Gasteiger partial charge >= 0.3 is 0 Å². The molecule has 0 bridgehead atoms. The summed E-state index contributed by atoms with van der Waals surface area (Å²) in [5.41, 5.74) is 12.6. The molecule has 1 atom stereocenters. The van der Waals surface area contributed by atoms with Crippen molar-refractivity contribution in [3.8, 4) is 11.1 Å². The van der Waals surface area contributed by atoms with Gasteiger partial charge in [-0.2, -0.15) is 0 Å². The molecule has 4 nitrogen and oxygen atoms in total. The Morgan fingerprint density at radius 1 is 1.27 bits per heavy atom. The van der Waals surface area contributed by atoms with Crippen molar-refractivity contribution in [1.82, 2.24) is 9.97 Å². The van der Waals surface area contributed by atoms with E-state index in [9.17, 15) is 0 Å². The van der Waals surface area contributed by atoms with Crippen molar-refractivity contribution in [2.75, 3.05) is 11.9 Å². The number of aryl methyl sites for hydroxylation is 1. The molecule has 0 aliphatic carbocycles. The topological polar surface area (TPSA) is 63.8 Å². The molecule has 1 aromatic carbocycles. The van der Waals surface area contributed by atoms with Crippen molar-refractivity contribution >= 4 is 11.8 Å². The van der Waals surface area contributed by atoms with Gasteiger partial charge in [0.15, 0.2) is 0 Å². The number of hydrogen-bond donors (Lipinski definition) is 2. The SMILES string of the molecule is C=C(C)C(N)c1cc(-c2cnc(C)nc2)cc2c1NCC=C2. The van der Waals surface area contributed by atoms with Crippen LogP contribution in [-0.2, 0) is 0 Å². The van der Waals surface area contributed by atoms with Crippen LogP contribution in [0.2, 0.25) is 0 Å². The minimum Gasteiger partial charge on any atom is -0.381 e. The maximum atomic E-state index is 6.34. The number of nitrogens with zero attached hydrogens (tertiary/aromatic N) is 2. The lowest BCUT2D eigenvalue weighted by molar-refractivity contribution is 0.851. The average Bonchev–Trinajstić information content (AvgIpc) is 2.53. The molecule has 3 N–H and O–H groups in total. The second-order valence-electron chi connectivity index (χ2n) is 5.66. The first-order valence-electron chi connectivity index (χ1n) is 7.34. The maximum Gasteiger partial charge on any atom is 0.125 e. The monoisotopic (exact) mass is 292 g/mol. The maximum absolute atomic E-state index is 6.34. The smallest absolute Gasteiger partial charge is 0.125 e. The molecule has 0 amide bonds. The summed E-state index contributed by atoms with van der Waals surface area (Å²) in [5.74, 6) is 0.766. The Morgan fingerprint density at radius 3 is 2.68 bits per heavy atom. The van der Waals surface area contributed by atoms with Crippen molar-refractivity contribution in [2.24, 2.45) is 5.73 Å². The molecule has 112 valence electrons. The molecule has 1 unspecified atom stereocenters. The van der Waals surface area contributed by atoms with Gasteiger partial charge in [-0.3, -0.25) is 0 Å². The Bertz CT molecular complexity index is 744. The van der Waals surface area contributed by atoms with Crippen molar-refractivity contribution in [2.45, 2.75) is 19.9 Å². The average molecular weight is 292 g/mol. The molecule has 0 fully saturated rings. The fourth-order valence-corrected chi connectivity index (χ4v) is 2.59. The minimum absolute atomic E-state index is 0.195. The third kappa shape index (κ3) is 2.65. The van der Waals surface area contributed by atoms with E-state index in [0.29, 0.717) is 0 Å². The van der Waals surface area contributed by atoms with Crippen LogP contribution in [0.4, 0.5) is 5.69 Å². The zero-order chi connectivity index (χ0) is 15.7. The summed E-state index contributed by atoms with van der Waals surface area (Å²) in [5, 5.41) is 3.42. The summed E-state index contributed by atoms with van der Waals surface area (Å²) in [7, 11) is 0. The van der Waals surface area contributed by atoms with E-state index in [1.165, 1.54) is 0 Å². The first-order chi connectivity index (χ1) is 10.6. The molecule has 2 heterocycles. The molecule has 4 heteroatoms. The fraction of sp³-hybridized carbons (Fsp3) is 0.222. The lowest BCUT2D eigenvalue weighted by atomic mass is 9.91. The summed E-state index contributed by atoms with van der Waals surface area (Å²) in [4.78, 5) is 8.57. The molecule has 0 spiro atoms. The Balaban J connectivity index is 2.17. The van der Waals surface area contributed by atoms with Gasteiger partial charge in [-0.15, -0.1) is 0 Å². The number of nitrogens with two attached hydrogens (primary N) is 1. The Morgan fingerprint density at radius 2 is 2.00 bits per heavy atom. The van der Waals surface area contributed by atoms with Crippen LogP contribution in [0.3, 0.4) is 0 Å². The normalized spacial score (nSPS) is 14.1. The van der Waals surface area contributed by atoms with E-state index in [2.05, 4.69) is 46.1 Å². The third-order valence-electron chi connectivity index (χ3n) is 3.87. The Kier molecular flexibility index (Phi) is 3.77. The zero-order valence-corrected chi connectivity index (χ0v) is 12.9. The molecule has 0 saturated carbocycles. The predicted octanol–water partition coefficient (Wildman–Crippen LogP) is 3.47. The lowest BCUT2D eigenvalue weighted by Gasteiger charge is -2.23. The molecule has 0 saturated heterocycles. The standard InChI is InChI=1S/C18H20N4/c1-11(2)17(19)16-8-14(15-9-21-12(3)22-10-15)7-13-5-4-6-20-18(13)16/h4-5,7-10,17,20H,1,6,19H2,2-3H3. The minimum atomic E-state index is -0.195. The van der Waals surface area contributed by atoms with Gasteiger partial charge in [0.05, 0.1) is 6.04 Å². The largest absolute Gasteiger partial charge is 0.381 e. The summed E-state index contributed by atoms with van der Waals surface area (Å²) in [6, 6.07) is 4.05. The summed E-state index contributed by atoms with van der Waals surface area (Å²) >= 11 is 0. The van der Waals surface area contributed by atoms with E-state index in [-0.39, 0.29) is 6.04 Å². The second kappa shape index (κ2) is 5.73. The van der Waals surface area contributed by atoms with Gasteiger partial charge in [0.25, 0.3) is 0 Å². The number of rotatable bonds is 3. The number of aromatic nitrogens is 2.